The highest BCUT2D eigenvalue weighted by Crippen LogP contribution is 2.32. The number of benzene rings is 1. The zero-order valence-corrected chi connectivity index (χ0v) is 19.9. The van der Waals surface area contributed by atoms with Crippen molar-refractivity contribution >= 4 is 27.6 Å². The van der Waals surface area contributed by atoms with Crippen molar-refractivity contribution in [2.24, 2.45) is 7.05 Å². The number of pyridine rings is 2. The largest absolute Gasteiger partial charge is 0.416 e. The van der Waals surface area contributed by atoms with Crippen LogP contribution in [0.3, 0.4) is 0 Å². The number of alkyl halides is 3. The Kier molecular flexibility index (Phi) is 5.79. The fourth-order valence-electron chi connectivity index (χ4n) is 3.80. The highest BCUT2D eigenvalue weighted by molar-refractivity contribution is 7.92. The van der Waals surface area contributed by atoms with E-state index in [1.54, 1.807) is 36.3 Å². The summed E-state index contributed by atoms with van der Waals surface area (Å²) in [5.41, 5.74) is 1.55. The first-order chi connectivity index (χ1) is 17.5. The molecule has 188 valence electrons. The molecule has 0 saturated heterocycles. The van der Waals surface area contributed by atoms with Crippen molar-refractivity contribution in [3.63, 3.8) is 0 Å². The van der Waals surface area contributed by atoms with Crippen LogP contribution in [0.2, 0.25) is 0 Å². The van der Waals surface area contributed by atoms with Crippen LogP contribution in [0.25, 0.3) is 27.9 Å². The Labute approximate surface area is 208 Å². The van der Waals surface area contributed by atoms with Gasteiger partial charge in [0.05, 0.1) is 23.6 Å². The normalized spacial score (nSPS) is 12.1. The summed E-state index contributed by atoms with van der Waals surface area (Å²) >= 11 is 0. The zero-order chi connectivity index (χ0) is 26.4. The Balaban J connectivity index is 1.55. The van der Waals surface area contributed by atoms with Crippen molar-refractivity contribution in [2.45, 2.75) is 11.2 Å². The maximum absolute atomic E-state index is 13.4. The lowest BCUT2D eigenvalue weighted by Gasteiger charge is -2.12. The number of imidazole rings is 1. The van der Waals surface area contributed by atoms with E-state index in [1.807, 2.05) is 0 Å². The van der Waals surface area contributed by atoms with Crippen molar-refractivity contribution in [3.05, 3.63) is 84.7 Å². The Morgan fingerprint density at radius 1 is 0.946 bits per heavy atom. The Bertz CT molecular complexity index is 1760. The summed E-state index contributed by atoms with van der Waals surface area (Å²) in [5, 5.41) is 11.5. The number of rotatable bonds is 6. The molecule has 0 saturated carbocycles. The predicted octanol–water partition coefficient (Wildman–Crippen LogP) is 4.61. The van der Waals surface area contributed by atoms with Gasteiger partial charge in [0.15, 0.2) is 5.03 Å². The summed E-state index contributed by atoms with van der Waals surface area (Å²) < 4.78 is 71.7. The van der Waals surface area contributed by atoms with Gasteiger partial charge in [-0.2, -0.15) is 26.7 Å². The number of nitrogens with one attached hydrogen (secondary N) is 2. The first-order valence-corrected chi connectivity index (χ1v) is 12.2. The van der Waals surface area contributed by atoms with Gasteiger partial charge in [-0.25, -0.2) is 4.98 Å². The molecule has 9 nitrogen and oxygen atoms in total. The molecule has 4 heterocycles. The van der Waals surface area contributed by atoms with Gasteiger partial charge in [0.25, 0.3) is 10.0 Å². The van der Waals surface area contributed by atoms with Gasteiger partial charge in [-0.1, -0.05) is 12.1 Å². The third-order valence-electron chi connectivity index (χ3n) is 5.61. The number of halogens is 3. The third kappa shape index (κ3) is 4.68. The minimum Gasteiger partial charge on any atom is -0.306 e. The van der Waals surface area contributed by atoms with Gasteiger partial charge < -0.3 is 5.41 Å². The molecule has 0 amide bonds. The molecule has 0 aliphatic carbocycles. The van der Waals surface area contributed by atoms with Gasteiger partial charge in [-0.15, -0.1) is 0 Å². The highest BCUT2D eigenvalue weighted by atomic mass is 32.2. The average Bonchev–Trinajstić information content (AvgIpc) is 3.49. The van der Waals surface area contributed by atoms with Crippen LogP contribution < -0.4 is 4.72 Å². The molecule has 5 rings (SSSR count). The molecule has 1 aromatic carbocycles. The highest BCUT2D eigenvalue weighted by Gasteiger charge is 2.30. The molecule has 13 heteroatoms. The lowest BCUT2D eigenvalue weighted by Crippen LogP contribution is -2.16. The first kappa shape index (κ1) is 24.2. The van der Waals surface area contributed by atoms with E-state index in [9.17, 15) is 21.6 Å². The molecule has 0 aliphatic rings. The quantitative estimate of drug-likeness (QED) is 0.314. The van der Waals surface area contributed by atoms with E-state index in [4.69, 9.17) is 5.41 Å². The van der Waals surface area contributed by atoms with Crippen LogP contribution in [0.5, 0.6) is 0 Å². The maximum Gasteiger partial charge on any atom is 0.416 e. The molecule has 4 aromatic heterocycles. The summed E-state index contributed by atoms with van der Waals surface area (Å²) in [6, 6.07) is 9.38. The molecule has 5 aromatic rings. The van der Waals surface area contributed by atoms with Crippen LogP contribution in [0.1, 0.15) is 11.3 Å². The molecular formula is C24H18F3N7O2S. The standard InChI is InChI=1S/C24H18F3N7O2S/c1-33-13-18(11-31-33)17-8-20(21(9-28)29-10-17)32-37(35,36)23-12-30-22-6-5-16(14-34(22)23)15-3-2-4-19(7-15)24(25,26)27/h2-14,28,32H,1H3. The van der Waals surface area contributed by atoms with E-state index in [1.165, 1.54) is 35.0 Å². The number of sulfonamides is 1. The van der Waals surface area contributed by atoms with Gasteiger partial charge in [0.1, 0.15) is 11.3 Å². The molecule has 0 unspecified atom stereocenters. The lowest BCUT2D eigenvalue weighted by atomic mass is 10.0. The smallest absolute Gasteiger partial charge is 0.306 e. The first-order valence-electron chi connectivity index (χ1n) is 10.7. The van der Waals surface area contributed by atoms with Gasteiger partial charge in [0.2, 0.25) is 0 Å². The summed E-state index contributed by atoms with van der Waals surface area (Å²) in [7, 11) is -2.51. The Morgan fingerprint density at radius 2 is 1.76 bits per heavy atom. The number of hydrogen-bond acceptors (Lipinski definition) is 6. The van der Waals surface area contributed by atoms with E-state index < -0.39 is 21.8 Å². The second-order valence-electron chi connectivity index (χ2n) is 8.13. The summed E-state index contributed by atoms with van der Waals surface area (Å²) in [6.45, 7) is 0. The maximum atomic E-state index is 13.4. The van der Waals surface area contributed by atoms with Gasteiger partial charge in [0, 0.05) is 43.0 Å². The molecule has 0 bridgehead atoms. The summed E-state index contributed by atoms with van der Waals surface area (Å²) in [6.07, 6.45) is 3.80. The van der Waals surface area contributed by atoms with Gasteiger partial charge in [-0.05, 0) is 41.5 Å². The number of aryl methyl sites for hydroxylation is 1. The van der Waals surface area contributed by atoms with Gasteiger partial charge >= 0.3 is 6.18 Å². The van der Waals surface area contributed by atoms with Crippen LogP contribution in [-0.4, -0.2) is 38.8 Å². The predicted molar refractivity (Wildman–Crippen MR) is 131 cm³/mol. The van der Waals surface area contributed by atoms with Crippen molar-refractivity contribution in [3.8, 4) is 22.3 Å². The van der Waals surface area contributed by atoms with Crippen molar-refractivity contribution in [1.82, 2.24) is 24.1 Å². The van der Waals surface area contributed by atoms with Crippen LogP contribution in [0.15, 0.2) is 78.5 Å². The molecular weight excluding hydrogens is 507 g/mol. The van der Waals surface area contributed by atoms with Crippen molar-refractivity contribution < 1.29 is 21.6 Å². The van der Waals surface area contributed by atoms with E-state index in [0.29, 0.717) is 16.7 Å². The van der Waals surface area contributed by atoms with Crippen LogP contribution in [0.4, 0.5) is 18.9 Å². The monoisotopic (exact) mass is 525 g/mol. The average molecular weight is 526 g/mol. The minimum absolute atomic E-state index is 0.0698. The number of anilines is 1. The third-order valence-corrected chi connectivity index (χ3v) is 6.95. The fourth-order valence-corrected chi connectivity index (χ4v) is 4.95. The van der Waals surface area contributed by atoms with Crippen molar-refractivity contribution in [2.75, 3.05) is 4.72 Å². The molecule has 0 atom stereocenters. The Morgan fingerprint density at radius 3 is 2.46 bits per heavy atom. The Hall–Kier alpha value is -4.52. The van der Waals surface area contributed by atoms with E-state index >= 15 is 0 Å². The number of hydrogen-bond donors (Lipinski definition) is 2. The number of nitrogens with zero attached hydrogens (tertiary/aromatic N) is 5. The second-order valence-corrected chi connectivity index (χ2v) is 9.76. The van der Waals surface area contributed by atoms with Crippen LogP contribution >= 0.6 is 0 Å². The molecule has 0 radical (unpaired) electrons. The molecule has 0 fully saturated rings. The lowest BCUT2D eigenvalue weighted by molar-refractivity contribution is -0.137. The molecule has 37 heavy (non-hydrogen) atoms. The summed E-state index contributed by atoms with van der Waals surface area (Å²) in [5.74, 6) is 0. The molecule has 2 N–H and O–H groups in total. The van der Waals surface area contributed by atoms with E-state index in [-0.39, 0.29) is 27.6 Å². The minimum atomic E-state index is -4.52. The number of aromatic nitrogens is 5. The zero-order valence-electron chi connectivity index (χ0n) is 19.1. The fraction of sp³-hybridized carbons (Fsp3) is 0.0833. The molecule has 0 aliphatic heterocycles. The number of fused-ring (bicyclic) bond motifs is 1. The SMILES string of the molecule is Cn1cc(-c2cnc(C=N)c(NS(=O)(=O)c3cnc4ccc(-c5cccc(C(F)(F)F)c5)cn34)c2)cn1. The van der Waals surface area contributed by atoms with Crippen LogP contribution in [0, 0.1) is 5.41 Å². The molecule has 0 spiro atoms. The summed E-state index contributed by atoms with van der Waals surface area (Å²) in [4.78, 5) is 8.29. The second kappa shape index (κ2) is 8.85. The van der Waals surface area contributed by atoms with Gasteiger partial charge in [-0.3, -0.25) is 18.8 Å². The van der Waals surface area contributed by atoms with E-state index in [2.05, 4.69) is 19.8 Å². The van der Waals surface area contributed by atoms with Crippen molar-refractivity contribution in [1.29, 1.82) is 5.41 Å². The van der Waals surface area contributed by atoms with Crippen LogP contribution in [-0.2, 0) is 23.2 Å². The van der Waals surface area contributed by atoms with E-state index in [0.717, 1.165) is 24.5 Å². The topological polar surface area (TPSA) is 118 Å².